The smallest absolute Gasteiger partial charge is 0.180 e. The molecule has 23 heavy (non-hydrogen) atoms. The Bertz CT molecular complexity index is 581. The number of amidine groups is 1. The fraction of sp³-hybridized carbons (Fsp3) is 0.333. The molecule has 0 unspecified atom stereocenters. The summed E-state index contributed by atoms with van der Waals surface area (Å²) < 4.78 is 32.0. The van der Waals surface area contributed by atoms with Crippen LogP contribution >= 0.6 is 0 Å². The lowest BCUT2D eigenvalue weighted by Gasteiger charge is -2.16. The van der Waals surface area contributed by atoms with Crippen molar-refractivity contribution in [3.8, 4) is 6.19 Å². The minimum atomic E-state index is -0.756. The van der Waals surface area contributed by atoms with Gasteiger partial charge in [0.1, 0.15) is 18.7 Å². The first kappa shape index (κ1) is 18.4. The molecule has 0 spiro atoms. The minimum Gasteiger partial charge on any atom is -0.381 e. The second kappa shape index (κ2) is 10.1. The SMILES string of the molecule is CC[C@@H](NC=C(F)C(N)=NCNC#N)OCc1ccc(F)cc1. The number of halogens is 2. The third kappa shape index (κ3) is 7.24. The number of rotatable bonds is 9. The highest BCUT2D eigenvalue weighted by Gasteiger charge is 2.07. The van der Waals surface area contributed by atoms with Crippen molar-refractivity contribution >= 4 is 5.84 Å². The molecule has 0 aliphatic rings. The Hall–Kier alpha value is -2.66. The molecule has 6 nitrogen and oxygen atoms in total. The van der Waals surface area contributed by atoms with E-state index in [4.69, 9.17) is 15.7 Å². The van der Waals surface area contributed by atoms with Crippen LogP contribution in [0.25, 0.3) is 0 Å². The number of hydrogen-bond donors (Lipinski definition) is 3. The average Bonchev–Trinajstić information content (AvgIpc) is 2.56. The van der Waals surface area contributed by atoms with Crippen LogP contribution in [-0.2, 0) is 11.3 Å². The van der Waals surface area contributed by atoms with Crippen LogP contribution in [0.4, 0.5) is 8.78 Å². The van der Waals surface area contributed by atoms with E-state index in [0.717, 1.165) is 11.8 Å². The summed E-state index contributed by atoms with van der Waals surface area (Å²) in [5.41, 5.74) is 6.21. The zero-order chi connectivity index (χ0) is 17.1. The van der Waals surface area contributed by atoms with E-state index in [-0.39, 0.29) is 24.9 Å². The van der Waals surface area contributed by atoms with Crippen LogP contribution in [0.3, 0.4) is 0 Å². The maximum absolute atomic E-state index is 13.7. The quantitative estimate of drug-likeness (QED) is 0.161. The molecular weight excluding hydrogens is 304 g/mol. The van der Waals surface area contributed by atoms with Gasteiger partial charge in [-0.1, -0.05) is 19.1 Å². The van der Waals surface area contributed by atoms with E-state index < -0.39 is 12.1 Å². The van der Waals surface area contributed by atoms with Crippen LogP contribution in [0.5, 0.6) is 0 Å². The van der Waals surface area contributed by atoms with Crippen molar-refractivity contribution in [2.45, 2.75) is 26.2 Å². The summed E-state index contributed by atoms with van der Waals surface area (Å²) in [5, 5.41) is 13.2. The topological polar surface area (TPSA) is 95.5 Å². The Morgan fingerprint density at radius 2 is 2.17 bits per heavy atom. The number of benzene rings is 1. The molecule has 0 aliphatic carbocycles. The summed E-state index contributed by atoms with van der Waals surface area (Å²) in [6.45, 7) is 2.03. The Morgan fingerprint density at radius 3 is 2.78 bits per heavy atom. The van der Waals surface area contributed by atoms with Gasteiger partial charge in [-0.2, -0.15) is 5.26 Å². The third-order valence-electron chi connectivity index (χ3n) is 2.78. The maximum atomic E-state index is 13.7. The number of aliphatic imine (C=N–C) groups is 1. The molecular formula is C15H19F2N5O. The molecule has 1 rings (SSSR count). The van der Waals surface area contributed by atoms with Crippen LogP contribution in [-0.4, -0.2) is 18.7 Å². The van der Waals surface area contributed by atoms with Crippen LogP contribution in [0.2, 0.25) is 0 Å². The molecule has 0 aromatic heterocycles. The summed E-state index contributed by atoms with van der Waals surface area (Å²) >= 11 is 0. The molecule has 0 fully saturated rings. The highest BCUT2D eigenvalue weighted by molar-refractivity contribution is 5.94. The summed E-state index contributed by atoms with van der Waals surface area (Å²) in [6.07, 6.45) is 2.85. The van der Waals surface area contributed by atoms with Crippen molar-refractivity contribution in [3.05, 3.63) is 47.7 Å². The van der Waals surface area contributed by atoms with Crippen LogP contribution in [0, 0.1) is 17.3 Å². The highest BCUT2D eigenvalue weighted by Crippen LogP contribution is 2.07. The van der Waals surface area contributed by atoms with Crippen molar-refractivity contribution in [3.63, 3.8) is 0 Å². The van der Waals surface area contributed by atoms with E-state index in [1.807, 2.05) is 6.92 Å². The molecule has 1 aromatic carbocycles. The van der Waals surface area contributed by atoms with Crippen LogP contribution in [0.1, 0.15) is 18.9 Å². The zero-order valence-corrected chi connectivity index (χ0v) is 12.7. The summed E-state index contributed by atoms with van der Waals surface area (Å²) in [5.74, 6) is -1.40. The molecule has 0 heterocycles. The fourth-order valence-corrected chi connectivity index (χ4v) is 1.54. The maximum Gasteiger partial charge on any atom is 0.180 e. The summed E-state index contributed by atoms with van der Waals surface area (Å²) in [7, 11) is 0. The molecule has 0 saturated carbocycles. The van der Waals surface area contributed by atoms with Gasteiger partial charge in [-0.25, -0.2) is 13.8 Å². The number of ether oxygens (including phenoxy) is 1. The Balaban J connectivity index is 2.49. The van der Waals surface area contributed by atoms with Gasteiger partial charge >= 0.3 is 0 Å². The monoisotopic (exact) mass is 323 g/mol. The Morgan fingerprint density at radius 1 is 1.48 bits per heavy atom. The second-order valence-electron chi connectivity index (χ2n) is 4.48. The van der Waals surface area contributed by atoms with Gasteiger partial charge < -0.3 is 21.1 Å². The average molecular weight is 323 g/mol. The molecule has 0 amide bonds. The van der Waals surface area contributed by atoms with E-state index in [0.29, 0.717) is 6.42 Å². The van der Waals surface area contributed by atoms with Crippen molar-refractivity contribution in [2.24, 2.45) is 10.7 Å². The predicted octanol–water partition coefficient (Wildman–Crippen LogP) is 1.86. The van der Waals surface area contributed by atoms with Gasteiger partial charge in [-0.3, -0.25) is 0 Å². The minimum absolute atomic E-state index is 0.0954. The van der Waals surface area contributed by atoms with Crippen molar-refractivity contribution in [1.29, 1.82) is 5.26 Å². The van der Waals surface area contributed by atoms with Gasteiger partial charge in [0, 0.05) is 6.20 Å². The van der Waals surface area contributed by atoms with Crippen molar-refractivity contribution < 1.29 is 13.5 Å². The van der Waals surface area contributed by atoms with Crippen LogP contribution < -0.4 is 16.4 Å². The standard InChI is InChI=1S/C15H19F2N5O/c1-2-14(23-8-11-3-5-12(16)6-4-11)21-7-13(17)15(19)22-10-20-9-18/h3-7,14,20-21H,2,8,10H2,1H3,(H2,19,22)/t14-/m0/s1. The van der Waals surface area contributed by atoms with Crippen LogP contribution in [0.15, 0.2) is 41.3 Å². The Kier molecular flexibility index (Phi) is 8.10. The van der Waals surface area contributed by atoms with Gasteiger partial charge in [0.15, 0.2) is 17.9 Å². The van der Waals surface area contributed by atoms with Gasteiger partial charge in [-0.05, 0) is 24.1 Å². The van der Waals surface area contributed by atoms with E-state index in [1.165, 1.54) is 12.1 Å². The Labute approximate surface area is 133 Å². The predicted molar refractivity (Wildman–Crippen MR) is 82.8 cm³/mol. The zero-order valence-electron chi connectivity index (χ0n) is 12.7. The molecule has 124 valence electrons. The van der Waals surface area contributed by atoms with Gasteiger partial charge in [0.2, 0.25) is 0 Å². The first-order valence-electron chi connectivity index (χ1n) is 6.96. The summed E-state index contributed by atoms with van der Waals surface area (Å²) in [4.78, 5) is 3.62. The number of hydrogen-bond acceptors (Lipinski definition) is 5. The number of nitrogens with one attached hydrogen (secondary N) is 2. The normalized spacial score (nSPS) is 13.3. The lowest BCUT2D eigenvalue weighted by molar-refractivity contribution is 0.0241. The lowest BCUT2D eigenvalue weighted by Crippen LogP contribution is -2.28. The molecule has 0 radical (unpaired) electrons. The number of nitriles is 1. The number of nitrogens with two attached hydrogens (primary N) is 1. The second-order valence-corrected chi connectivity index (χ2v) is 4.48. The van der Waals surface area contributed by atoms with Gasteiger partial charge in [0.05, 0.1) is 6.61 Å². The molecule has 4 N–H and O–H groups in total. The van der Waals surface area contributed by atoms with E-state index in [2.05, 4.69) is 15.6 Å². The largest absolute Gasteiger partial charge is 0.381 e. The summed E-state index contributed by atoms with van der Waals surface area (Å²) in [6, 6.07) is 5.93. The van der Waals surface area contributed by atoms with E-state index in [9.17, 15) is 8.78 Å². The molecule has 8 heteroatoms. The van der Waals surface area contributed by atoms with Crippen molar-refractivity contribution in [1.82, 2.24) is 10.6 Å². The number of nitrogens with zero attached hydrogens (tertiary/aromatic N) is 2. The van der Waals surface area contributed by atoms with Gasteiger partial charge in [-0.15, -0.1) is 0 Å². The molecule has 0 saturated heterocycles. The van der Waals surface area contributed by atoms with Gasteiger partial charge in [0.25, 0.3) is 0 Å². The third-order valence-corrected chi connectivity index (χ3v) is 2.78. The first-order chi connectivity index (χ1) is 11.1. The van der Waals surface area contributed by atoms with E-state index in [1.54, 1.807) is 18.3 Å². The first-order valence-corrected chi connectivity index (χ1v) is 6.96. The van der Waals surface area contributed by atoms with Crippen molar-refractivity contribution in [2.75, 3.05) is 6.67 Å². The highest BCUT2D eigenvalue weighted by atomic mass is 19.1. The molecule has 1 atom stereocenters. The fourth-order valence-electron chi connectivity index (χ4n) is 1.54. The molecule has 1 aromatic rings. The van der Waals surface area contributed by atoms with E-state index >= 15 is 0 Å². The lowest BCUT2D eigenvalue weighted by atomic mass is 10.2. The molecule has 0 bridgehead atoms. The molecule has 0 aliphatic heterocycles.